The number of aromatic nitrogens is 1. The van der Waals surface area contributed by atoms with Crippen LogP contribution in [0.25, 0.3) is 0 Å². The highest BCUT2D eigenvalue weighted by atomic mass is 19.1. The molecule has 1 atom stereocenters. The highest BCUT2D eigenvalue weighted by molar-refractivity contribution is 5.86. The molecule has 1 aliphatic carbocycles. The summed E-state index contributed by atoms with van der Waals surface area (Å²) in [6, 6.07) is 1.94. The van der Waals surface area contributed by atoms with Crippen molar-refractivity contribution in [2.75, 3.05) is 24.5 Å². The third kappa shape index (κ3) is 2.98. The van der Waals surface area contributed by atoms with Crippen LogP contribution in [0.5, 0.6) is 0 Å². The van der Waals surface area contributed by atoms with E-state index in [9.17, 15) is 14.3 Å². The molecular weight excluding hydrogens is 333 g/mol. The van der Waals surface area contributed by atoms with E-state index in [0.29, 0.717) is 17.9 Å². The molecule has 0 aromatic carbocycles. The maximum Gasteiger partial charge on any atom is 0.230 e. The molecule has 1 N–H and O–H groups in total. The number of carbonyl (C=O) groups is 1. The molecule has 1 amide bonds. The molecule has 6 heteroatoms. The number of rotatable bonds is 2. The van der Waals surface area contributed by atoms with Crippen LogP contribution in [0, 0.1) is 18.2 Å². The number of aryl methyl sites for hydroxylation is 1. The van der Waals surface area contributed by atoms with Gasteiger partial charge >= 0.3 is 0 Å². The van der Waals surface area contributed by atoms with E-state index in [1.54, 1.807) is 19.2 Å². The summed E-state index contributed by atoms with van der Waals surface area (Å²) in [6.45, 7) is 3.85. The third-order valence-corrected chi connectivity index (χ3v) is 6.59. The molecular formula is C20H28FN3O2. The molecule has 0 unspecified atom stereocenters. The molecule has 3 fully saturated rings. The summed E-state index contributed by atoms with van der Waals surface area (Å²) in [5, 5.41) is 9.73. The van der Waals surface area contributed by atoms with Crippen molar-refractivity contribution in [3.05, 3.63) is 23.6 Å². The predicted molar refractivity (Wildman–Crippen MR) is 97.4 cm³/mol. The minimum Gasteiger partial charge on any atom is -0.393 e. The molecule has 3 heterocycles. The summed E-state index contributed by atoms with van der Waals surface area (Å²) in [5.74, 6) is 0.348. The fourth-order valence-electron chi connectivity index (χ4n) is 5.00. The van der Waals surface area contributed by atoms with E-state index in [1.807, 2.05) is 4.90 Å². The van der Waals surface area contributed by atoms with E-state index in [4.69, 9.17) is 0 Å². The minimum atomic E-state index is -0.397. The lowest BCUT2D eigenvalue weighted by molar-refractivity contribution is -0.139. The predicted octanol–water partition coefficient (Wildman–Crippen LogP) is 2.65. The molecule has 3 aliphatic rings. The SMILES string of the molecule is Cc1ccnc(N2CCC[C@]3(CCN([C@H]4CC[C@@H](O)CC4)C3=O)C2)c1F. The summed E-state index contributed by atoms with van der Waals surface area (Å²) in [5.41, 5.74) is 0.196. The Balaban J connectivity index is 1.52. The van der Waals surface area contributed by atoms with Gasteiger partial charge in [0.15, 0.2) is 11.6 Å². The summed E-state index contributed by atoms with van der Waals surface area (Å²) in [4.78, 5) is 21.6. The average molecular weight is 361 g/mol. The van der Waals surface area contributed by atoms with Crippen LogP contribution in [-0.4, -0.2) is 52.7 Å². The number of aliphatic hydroxyl groups excluding tert-OH is 1. The van der Waals surface area contributed by atoms with Crippen LogP contribution in [0.2, 0.25) is 0 Å². The Morgan fingerprint density at radius 3 is 2.77 bits per heavy atom. The van der Waals surface area contributed by atoms with E-state index in [2.05, 4.69) is 9.88 Å². The molecule has 1 aromatic rings. The van der Waals surface area contributed by atoms with Crippen molar-refractivity contribution in [2.45, 2.75) is 64.0 Å². The molecule has 5 nitrogen and oxygen atoms in total. The molecule has 2 saturated heterocycles. The van der Waals surface area contributed by atoms with Crippen LogP contribution < -0.4 is 4.90 Å². The van der Waals surface area contributed by atoms with Gasteiger partial charge in [0.2, 0.25) is 5.91 Å². The first-order chi connectivity index (χ1) is 12.5. The summed E-state index contributed by atoms with van der Waals surface area (Å²) < 4.78 is 14.5. The monoisotopic (exact) mass is 361 g/mol. The molecule has 1 saturated carbocycles. The quantitative estimate of drug-likeness (QED) is 0.880. The maximum absolute atomic E-state index is 14.5. The topological polar surface area (TPSA) is 56.7 Å². The van der Waals surface area contributed by atoms with E-state index in [1.165, 1.54) is 0 Å². The minimum absolute atomic E-state index is 0.210. The number of likely N-dealkylation sites (tertiary alicyclic amines) is 1. The zero-order valence-electron chi connectivity index (χ0n) is 15.5. The van der Waals surface area contributed by atoms with Crippen LogP contribution in [0.15, 0.2) is 12.3 Å². The Bertz CT molecular complexity index is 690. The van der Waals surface area contributed by atoms with Gasteiger partial charge < -0.3 is 14.9 Å². The first-order valence-corrected chi connectivity index (χ1v) is 9.85. The second-order valence-corrected chi connectivity index (χ2v) is 8.28. The molecule has 1 spiro atoms. The number of pyridine rings is 1. The molecule has 0 bridgehead atoms. The van der Waals surface area contributed by atoms with Gasteiger partial charge in [-0.15, -0.1) is 0 Å². The van der Waals surface area contributed by atoms with Crippen molar-refractivity contribution in [2.24, 2.45) is 5.41 Å². The van der Waals surface area contributed by atoms with Crippen LogP contribution in [0.1, 0.15) is 50.5 Å². The van der Waals surface area contributed by atoms with Gasteiger partial charge in [-0.25, -0.2) is 9.37 Å². The molecule has 26 heavy (non-hydrogen) atoms. The van der Waals surface area contributed by atoms with Gasteiger partial charge in [0.25, 0.3) is 0 Å². The standard InChI is InChI=1S/C20H28FN3O2/c1-14-7-10-22-18(17(14)21)23-11-2-8-20(13-23)9-12-24(19(20)26)15-3-5-16(25)6-4-15/h7,10,15-16,25H,2-6,8-9,11-13H2,1H3/t15-,16+,20-/m0/s1. The number of halogens is 1. The van der Waals surface area contributed by atoms with E-state index < -0.39 is 5.41 Å². The van der Waals surface area contributed by atoms with Gasteiger partial charge in [-0.3, -0.25) is 4.79 Å². The Labute approximate surface area is 154 Å². The third-order valence-electron chi connectivity index (χ3n) is 6.59. The van der Waals surface area contributed by atoms with Crippen LogP contribution in [0.3, 0.4) is 0 Å². The maximum atomic E-state index is 14.5. The second-order valence-electron chi connectivity index (χ2n) is 8.28. The zero-order valence-corrected chi connectivity index (χ0v) is 15.5. The number of hydrogen-bond acceptors (Lipinski definition) is 4. The van der Waals surface area contributed by atoms with Gasteiger partial charge in [0.1, 0.15) is 0 Å². The zero-order chi connectivity index (χ0) is 18.3. The molecule has 4 rings (SSSR count). The number of anilines is 1. The van der Waals surface area contributed by atoms with Gasteiger partial charge in [0, 0.05) is 31.9 Å². The summed E-state index contributed by atoms with van der Waals surface area (Å²) >= 11 is 0. The van der Waals surface area contributed by atoms with Gasteiger partial charge in [-0.1, -0.05) is 0 Å². The number of nitrogens with zero attached hydrogens (tertiary/aromatic N) is 3. The van der Waals surface area contributed by atoms with E-state index >= 15 is 0 Å². The second kappa shape index (κ2) is 6.80. The van der Waals surface area contributed by atoms with Crippen LogP contribution in [-0.2, 0) is 4.79 Å². The molecule has 1 aromatic heterocycles. The first-order valence-electron chi connectivity index (χ1n) is 9.85. The Morgan fingerprint density at radius 1 is 1.23 bits per heavy atom. The number of hydrogen-bond donors (Lipinski definition) is 1. The van der Waals surface area contributed by atoms with Crippen molar-refractivity contribution < 1.29 is 14.3 Å². The highest BCUT2D eigenvalue weighted by Crippen LogP contribution is 2.43. The van der Waals surface area contributed by atoms with Crippen molar-refractivity contribution in [3.8, 4) is 0 Å². The smallest absolute Gasteiger partial charge is 0.230 e. The average Bonchev–Trinajstić information content (AvgIpc) is 2.94. The lowest BCUT2D eigenvalue weighted by Crippen LogP contribution is -2.50. The number of piperidine rings is 1. The molecule has 0 radical (unpaired) electrons. The van der Waals surface area contributed by atoms with Crippen molar-refractivity contribution in [1.82, 2.24) is 9.88 Å². The Morgan fingerprint density at radius 2 is 2.00 bits per heavy atom. The number of amides is 1. The molecule has 2 aliphatic heterocycles. The van der Waals surface area contributed by atoms with Crippen LogP contribution >= 0.6 is 0 Å². The summed E-state index contributed by atoms with van der Waals surface area (Å²) in [7, 11) is 0. The van der Waals surface area contributed by atoms with E-state index in [-0.39, 0.29) is 23.9 Å². The lowest BCUT2D eigenvalue weighted by atomic mass is 9.78. The number of carbonyl (C=O) groups excluding carboxylic acids is 1. The first kappa shape index (κ1) is 17.7. The van der Waals surface area contributed by atoms with Gasteiger partial charge in [0.05, 0.1) is 11.5 Å². The largest absolute Gasteiger partial charge is 0.393 e. The van der Waals surface area contributed by atoms with Gasteiger partial charge in [-0.05, 0) is 63.5 Å². The van der Waals surface area contributed by atoms with Crippen molar-refractivity contribution >= 4 is 11.7 Å². The highest BCUT2D eigenvalue weighted by Gasteiger charge is 2.51. The fourth-order valence-corrected chi connectivity index (χ4v) is 5.00. The molecule has 142 valence electrons. The normalized spacial score (nSPS) is 32.5. The number of aliphatic hydroxyl groups is 1. The fraction of sp³-hybridized carbons (Fsp3) is 0.700. The van der Waals surface area contributed by atoms with Crippen molar-refractivity contribution in [3.63, 3.8) is 0 Å². The Kier molecular flexibility index (Phi) is 4.63. The van der Waals surface area contributed by atoms with Crippen molar-refractivity contribution in [1.29, 1.82) is 0 Å². The lowest BCUT2D eigenvalue weighted by Gasteiger charge is -2.41. The summed E-state index contributed by atoms with van der Waals surface area (Å²) in [6.07, 6.45) is 7.39. The van der Waals surface area contributed by atoms with Crippen LogP contribution in [0.4, 0.5) is 10.2 Å². The van der Waals surface area contributed by atoms with E-state index in [0.717, 1.165) is 58.0 Å². The van der Waals surface area contributed by atoms with Gasteiger partial charge in [-0.2, -0.15) is 0 Å². The Hall–Kier alpha value is -1.69.